The molecule has 116 valence electrons. The van der Waals surface area contributed by atoms with Gasteiger partial charge in [0.1, 0.15) is 12.4 Å². The first kappa shape index (κ1) is 15.8. The summed E-state index contributed by atoms with van der Waals surface area (Å²) in [6.07, 6.45) is 0.674. The van der Waals surface area contributed by atoms with E-state index in [1.165, 1.54) is 0 Å². The van der Waals surface area contributed by atoms with Crippen molar-refractivity contribution >= 4 is 44.8 Å². The van der Waals surface area contributed by atoms with Crippen molar-refractivity contribution in [3.05, 3.63) is 49.6 Å². The average Bonchev–Trinajstić information content (AvgIpc) is 2.90. The summed E-state index contributed by atoms with van der Waals surface area (Å²) in [7, 11) is 1.84. The number of halogens is 2. The topological polar surface area (TPSA) is 29.5 Å². The smallest absolute Gasteiger partial charge is 0.229 e. The fourth-order valence-electron chi connectivity index (χ4n) is 2.58. The van der Waals surface area contributed by atoms with Gasteiger partial charge in [0.15, 0.2) is 0 Å². The van der Waals surface area contributed by atoms with Crippen molar-refractivity contribution in [1.29, 1.82) is 0 Å². The van der Waals surface area contributed by atoms with E-state index >= 15 is 0 Å². The van der Waals surface area contributed by atoms with Crippen molar-refractivity contribution in [1.82, 2.24) is 4.90 Å². The summed E-state index contributed by atoms with van der Waals surface area (Å²) < 4.78 is 6.78. The van der Waals surface area contributed by atoms with Crippen LogP contribution in [0.25, 0.3) is 0 Å². The van der Waals surface area contributed by atoms with Gasteiger partial charge in [0, 0.05) is 16.9 Å². The summed E-state index contributed by atoms with van der Waals surface area (Å²) in [6, 6.07) is 9.59. The van der Waals surface area contributed by atoms with Gasteiger partial charge in [0.2, 0.25) is 5.91 Å². The fourth-order valence-corrected chi connectivity index (χ4v) is 4.31. The maximum atomic E-state index is 12.6. The van der Waals surface area contributed by atoms with Crippen LogP contribution in [0.15, 0.2) is 34.1 Å². The lowest BCUT2D eigenvalue weighted by molar-refractivity contribution is -0.136. The molecule has 2 aromatic rings. The van der Waals surface area contributed by atoms with Gasteiger partial charge in [-0.1, -0.05) is 11.6 Å². The molecule has 2 heterocycles. The molecule has 1 aromatic carbocycles. The van der Waals surface area contributed by atoms with Crippen LogP contribution in [0.3, 0.4) is 0 Å². The van der Waals surface area contributed by atoms with Crippen LogP contribution in [-0.4, -0.2) is 24.5 Å². The van der Waals surface area contributed by atoms with E-state index in [9.17, 15) is 4.79 Å². The van der Waals surface area contributed by atoms with Crippen molar-refractivity contribution in [3.8, 4) is 5.75 Å². The summed E-state index contributed by atoms with van der Waals surface area (Å²) in [4.78, 5) is 15.5. The molecule has 0 radical (unpaired) electrons. The molecule has 0 saturated carbocycles. The third kappa shape index (κ3) is 3.47. The first-order valence-corrected chi connectivity index (χ1v) is 8.92. The predicted molar refractivity (Wildman–Crippen MR) is 92.6 cm³/mol. The van der Waals surface area contributed by atoms with Crippen molar-refractivity contribution in [2.24, 2.45) is 5.92 Å². The van der Waals surface area contributed by atoms with Crippen LogP contribution in [0.4, 0.5) is 0 Å². The Morgan fingerprint density at radius 1 is 1.45 bits per heavy atom. The molecule has 3 rings (SSSR count). The van der Waals surface area contributed by atoms with Gasteiger partial charge in [-0.05, 0) is 58.2 Å². The second-order valence-electron chi connectivity index (χ2n) is 5.36. The summed E-state index contributed by atoms with van der Waals surface area (Å²) in [5.41, 5.74) is 1.00. The van der Waals surface area contributed by atoms with Crippen LogP contribution in [0.2, 0.25) is 5.02 Å². The molecule has 0 saturated heterocycles. The van der Waals surface area contributed by atoms with E-state index in [-0.39, 0.29) is 11.8 Å². The molecule has 6 heteroatoms. The van der Waals surface area contributed by atoms with Crippen molar-refractivity contribution in [3.63, 3.8) is 0 Å². The molecule has 1 atom stereocenters. The SMILES string of the molecule is CN(Cc1ccc(Br)s1)C(=O)[C@H]1COc2ccc(Cl)cc2C1. The zero-order valence-electron chi connectivity index (χ0n) is 12.0. The fraction of sp³-hybridized carbons (Fsp3) is 0.312. The largest absolute Gasteiger partial charge is 0.492 e. The Labute approximate surface area is 147 Å². The number of rotatable bonds is 3. The number of carbonyl (C=O) groups is 1. The van der Waals surface area contributed by atoms with Gasteiger partial charge in [-0.25, -0.2) is 0 Å². The van der Waals surface area contributed by atoms with E-state index < -0.39 is 0 Å². The zero-order valence-corrected chi connectivity index (χ0v) is 15.2. The van der Waals surface area contributed by atoms with E-state index in [1.807, 2.05) is 37.4 Å². The monoisotopic (exact) mass is 399 g/mol. The predicted octanol–water partition coefficient (Wildman–Crippen LogP) is 4.37. The minimum absolute atomic E-state index is 0.107. The highest BCUT2D eigenvalue weighted by atomic mass is 79.9. The maximum absolute atomic E-state index is 12.6. The lowest BCUT2D eigenvalue weighted by Gasteiger charge is -2.28. The van der Waals surface area contributed by atoms with Gasteiger partial charge >= 0.3 is 0 Å². The number of hydrogen-bond donors (Lipinski definition) is 0. The first-order valence-electron chi connectivity index (χ1n) is 6.93. The molecular formula is C16H15BrClNO2S. The number of fused-ring (bicyclic) bond motifs is 1. The molecule has 0 aliphatic carbocycles. The van der Waals surface area contributed by atoms with Crippen LogP contribution in [0.1, 0.15) is 10.4 Å². The third-order valence-corrected chi connectivity index (χ3v) is 5.52. The lowest BCUT2D eigenvalue weighted by atomic mass is 9.95. The van der Waals surface area contributed by atoms with Gasteiger partial charge in [0.05, 0.1) is 16.2 Å². The summed E-state index contributed by atoms with van der Waals surface area (Å²) >= 11 is 11.1. The van der Waals surface area contributed by atoms with Gasteiger partial charge in [0.25, 0.3) is 0 Å². The van der Waals surface area contributed by atoms with Crippen LogP contribution in [0, 0.1) is 5.92 Å². The molecule has 0 spiro atoms. The zero-order chi connectivity index (χ0) is 15.7. The number of hydrogen-bond acceptors (Lipinski definition) is 3. The number of benzene rings is 1. The molecule has 0 N–H and O–H groups in total. The van der Waals surface area contributed by atoms with Gasteiger partial charge in [-0.15, -0.1) is 11.3 Å². The minimum Gasteiger partial charge on any atom is -0.492 e. The minimum atomic E-state index is -0.153. The van der Waals surface area contributed by atoms with Gasteiger partial charge in [-0.2, -0.15) is 0 Å². The summed E-state index contributed by atoms with van der Waals surface area (Å²) in [6.45, 7) is 1.04. The highest BCUT2D eigenvalue weighted by Crippen LogP contribution is 2.31. The second kappa shape index (κ2) is 6.60. The molecule has 0 bridgehead atoms. The van der Waals surface area contributed by atoms with E-state index in [0.717, 1.165) is 20.0 Å². The average molecular weight is 401 g/mol. The highest BCUT2D eigenvalue weighted by molar-refractivity contribution is 9.11. The Kier molecular flexibility index (Phi) is 4.76. The molecule has 0 unspecified atom stereocenters. The number of amides is 1. The number of carbonyl (C=O) groups excluding carboxylic acids is 1. The Hall–Kier alpha value is -1.04. The Bertz CT molecular complexity index is 703. The summed E-state index contributed by atoms with van der Waals surface area (Å²) in [5, 5.41) is 0.673. The van der Waals surface area contributed by atoms with Crippen LogP contribution in [-0.2, 0) is 17.8 Å². The van der Waals surface area contributed by atoms with Gasteiger partial charge in [-0.3, -0.25) is 4.79 Å². The molecule has 1 aliphatic rings. The van der Waals surface area contributed by atoms with Crippen molar-refractivity contribution in [2.75, 3.05) is 13.7 Å². The van der Waals surface area contributed by atoms with Crippen LogP contribution >= 0.6 is 38.9 Å². The first-order chi connectivity index (χ1) is 10.5. The Morgan fingerprint density at radius 2 is 2.27 bits per heavy atom. The number of thiophene rings is 1. The van der Waals surface area contributed by atoms with Gasteiger partial charge < -0.3 is 9.64 Å². The van der Waals surface area contributed by atoms with Crippen molar-refractivity contribution < 1.29 is 9.53 Å². The maximum Gasteiger partial charge on any atom is 0.229 e. The molecule has 1 aliphatic heterocycles. The second-order valence-corrected chi connectivity index (χ2v) is 8.35. The standard InChI is InChI=1S/C16H15BrClNO2S/c1-19(8-13-3-5-15(17)22-13)16(20)11-6-10-7-12(18)2-4-14(10)21-9-11/h2-5,7,11H,6,8-9H2,1H3/t11-/m1/s1. The molecule has 3 nitrogen and oxygen atoms in total. The number of nitrogens with zero attached hydrogens (tertiary/aromatic N) is 1. The third-order valence-electron chi connectivity index (χ3n) is 3.68. The van der Waals surface area contributed by atoms with E-state index in [2.05, 4.69) is 15.9 Å². The number of ether oxygens (including phenoxy) is 1. The van der Waals surface area contributed by atoms with E-state index in [0.29, 0.717) is 24.6 Å². The van der Waals surface area contributed by atoms with E-state index in [1.54, 1.807) is 16.2 Å². The Morgan fingerprint density at radius 3 is 3.00 bits per heavy atom. The Balaban J connectivity index is 1.68. The molecule has 0 fully saturated rings. The molecule has 1 aromatic heterocycles. The normalized spacial score (nSPS) is 16.8. The quantitative estimate of drug-likeness (QED) is 0.765. The molecule has 1 amide bonds. The molecular weight excluding hydrogens is 386 g/mol. The lowest BCUT2D eigenvalue weighted by Crippen LogP contribution is -2.38. The van der Waals surface area contributed by atoms with Crippen molar-refractivity contribution in [2.45, 2.75) is 13.0 Å². The molecule has 22 heavy (non-hydrogen) atoms. The summed E-state index contributed by atoms with van der Waals surface area (Å²) in [5.74, 6) is 0.785. The van der Waals surface area contributed by atoms with Crippen LogP contribution in [0.5, 0.6) is 5.75 Å². The highest BCUT2D eigenvalue weighted by Gasteiger charge is 2.28. The van der Waals surface area contributed by atoms with E-state index in [4.69, 9.17) is 16.3 Å². The van der Waals surface area contributed by atoms with Crippen LogP contribution < -0.4 is 4.74 Å².